The van der Waals surface area contributed by atoms with Crippen molar-refractivity contribution >= 4 is 39.1 Å². The van der Waals surface area contributed by atoms with Gasteiger partial charge in [-0.25, -0.2) is 4.39 Å². The lowest BCUT2D eigenvalue weighted by atomic mass is 10.00. The minimum Gasteiger partial charge on any atom is -0.493 e. The van der Waals surface area contributed by atoms with Crippen LogP contribution < -0.4 is 4.74 Å². The van der Waals surface area contributed by atoms with E-state index in [1.54, 1.807) is 24.3 Å². The molecule has 0 N–H and O–H groups in total. The Hall–Kier alpha value is -0.770. The Bertz CT molecular complexity index is 675. The molecule has 2 aromatic rings. The summed E-state index contributed by atoms with van der Waals surface area (Å²) < 4.78 is 20.2. The highest BCUT2D eigenvalue weighted by atomic mass is 79.9. The molecule has 20 heavy (non-hydrogen) atoms. The molecule has 1 nitrogen and oxygen atoms in total. The molecule has 0 amide bonds. The standard InChI is InChI=1S/C15H10BrCl2FO/c16-12-3-1-2-10(14(12)19)13(18)11-7-9(17)6-8-4-5-20-15(8)11/h1-3,6-7,13H,4-5H2. The largest absolute Gasteiger partial charge is 0.493 e. The van der Waals surface area contributed by atoms with E-state index >= 15 is 0 Å². The van der Waals surface area contributed by atoms with E-state index in [-0.39, 0.29) is 5.82 Å². The normalized spacial score (nSPS) is 14.8. The van der Waals surface area contributed by atoms with Crippen LogP contribution in [-0.2, 0) is 6.42 Å². The molecule has 0 aliphatic carbocycles. The van der Waals surface area contributed by atoms with Crippen molar-refractivity contribution in [1.82, 2.24) is 0 Å². The smallest absolute Gasteiger partial charge is 0.142 e. The van der Waals surface area contributed by atoms with E-state index in [0.29, 0.717) is 27.2 Å². The average Bonchev–Trinajstić information content (AvgIpc) is 2.88. The Morgan fingerprint density at radius 3 is 2.85 bits per heavy atom. The first-order chi connectivity index (χ1) is 9.58. The molecule has 5 heteroatoms. The summed E-state index contributed by atoms with van der Waals surface area (Å²) in [7, 11) is 0. The zero-order chi connectivity index (χ0) is 14.3. The molecule has 0 saturated carbocycles. The van der Waals surface area contributed by atoms with Gasteiger partial charge in [-0.15, -0.1) is 11.6 Å². The minimum atomic E-state index is -0.641. The van der Waals surface area contributed by atoms with Gasteiger partial charge in [0.15, 0.2) is 0 Å². The van der Waals surface area contributed by atoms with Crippen LogP contribution >= 0.6 is 39.1 Å². The van der Waals surface area contributed by atoms with Gasteiger partial charge in [-0.05, 0) is 39.7 Å². The number of alkyl halides is 1. The van der Waals surface area contributed by atoms with E-state index < -0.39 is 5.38 Å². The molecule has 1 unspecified atom stereocenters. The van der Waals surface area contributed by atoms with Gasteiger partial charge in [-0.2, -0.15) is 0 Å². The fraction of sp³-hybridized carbons (Fsp3) is 0.200. The quantitative estimate of drug-likeness (QED) is 0.629. The second-order valence-electron chi connectivity index (χ2n) is 4.59. The van der Waals surface area contributed by atoms with Gasteiger partial charge < -0.3 is 4.74 Å². The molecular weight excluding hydrogens is 366 g/mol. The molecule has 1 aliphatic rings. The van der Waals surface area contributed by atoms with Crippen LogP contribution in [0.3, 0.4) is 0 Å². The van der Waals surface area contributed by atoms with Crippen LogP contribution in [0.5, 0.6) is 5.75 Å². The zero-order valence-electron chi connectivity index (χ0n) is 10.3. The van der Waals surface area contributed by atoms with Gasteiger partial charge in [0.25, 0.3) is 0 Å². The van der Waals surface area contributed by atoms with Crippen molar-refractivity contribution in [3.8, 4) is 5.75 Å². The van der Waals surface area contributed by atoms with Crippen molar-refractivity contribution in [2.45, 2.75) is 11.8 Å². The third-order valence-electron chi connectivity index (χ3n) is 3.30. The number of hydrogen-bond acceptors (Lipinski definition) is 1. The molecule has 1 atom stereocenters. The summed E-state index contributed by atoms with van der Waals surface area (Å²) in [6, 6.07) is 8.67. The molecule has 104 valence electrons. The lowest BCUT2D eigenvalue weighted by Crippen LogP contribution is -2.00. The zero-order valence-corrected chi connectivity index (χ0v) is 13.4. The molecule has 2 aromatic carbocycles. The topological polar surface area (TPSA) is 9.23 Å². The summed E-state index contributed by atoms with van der Waals surface area (Å²) in [6.07, 6.45) is 0.799. The molecule has 0 aromatic heterocycles. The maximum Gasteiger partial charge on any atom is 0.142 e. The van der Waals surface area contributed by atoms with Crippen LogP contribution in [0, 0.1) is 5.82 Å². The van der Waals surface area contributed by atoms with Gasteiger partial charge in [0.2, 0.25) is 0 Å². The predicted octanol–water partition coefficient (Wildman–Crippen LogP) is 5.50. The predicted molar refractivity (Wildman–Crippen MR) is 82.4 cm³/mol. The molecule has 1 aliphatic heterocycles. The number of fused-ring (bicyclic) bond motifs is 1. The highest BCUT2D eigenvalue weighted by Gasteiger charge is 2.25. The number of hydrogen-bond donors (Lipinski definition) is 0. The first-order valence-electron chi connectivity index (χ1n) is 6.11. The third-order valence-corrected chi connectivity index (χ3v) is 4.61. The maximum atomic E-state index is 14.2. The number of halogens is 4. The van der Waals surface area contributed by atoms with Gasteiger partial charge in [0, 0.05) is 22.6 Å². The summed E-state index contributed by atoms with van der Waals surface area (Å²) in [5, 5.41) is -0.0524. The van der Waals surface area contributed by atoms with E-state index in [1.165, 1.54) is 0 Å². The number of rotatable bonds is 2. The number of benzene rings is 2. The second-order valence-corrected chi connectivity index (χ2v) is 6.31. The summed E-state index contributed by atoms with van der Waals surface area (Å²) in [6.45, 7) is 0.604. The molecule has 1 heterocycles. The Morgan fingerprint density at radius 1 is 1.25 bits per heavy atom. The van der Waals surface area contributed by atoms with Crippen molar-refractivity contribution in [3.05, 3.63) is 62.3 Å². The number of ether oxygens (including phenoxy) is 1. The van der Waals surface area contributed by atoms with Crippen LogP contribution in [0.25, 0.3) is 0 Å². The first-order valence-corrected chi connectivity index (χ1v) is 7.71. The first kappa shape index (κ1) is 14.2. The Kier molecular flexibility index (Phi) is 3.93. The minimum absolute atomic E-state index is 0.362. The molecule has 0 saturated heterocycles. The molecule has 0 bridgehead atoms. The maximum absolute atomic E-state index is 14.2. The summed E-state index contributed by atoms with van der Waals surface area (Å²) in [4.78, 5) is 0. The highest BCUT2D eigenvalue weighted by molar-refractivity contribution is 9.10. The Morgan fingerprint density at radius 2 is 2.05 bits per heavy atom. The van der Waals surface area contributed by atoms with E-state index in [1.807, 2.05) is 6.07 Å². The van der Waals surface area contributed by atoms with Gasteiger partial charge >= 0.3 is 0 Å². The van der Waals surface area contributed by atoms with Crippen molar-refractivity contribution in [3.63, 3.8) is 0 Å². The lowest BCUT2D eigenvalue weighted by Gasteiger charge is -2.16. The van der Waals surface area contributed by atoms with Crippen molar-refractivity contribution in [1.29, 1.82) is 0 Å². The molecule has 0 fully saturated rings. The molecular formula is C15H10BrCl2FO. The highest BCUT2D eigenvalue weighted by Crippen LogP contribution is 2.42. The van der Waals surface area contributed by atoms with E-state index in [4.69, 9.17) is 27.9 Å². The lowest BCUT2D eigenvalue weighted by molar-refractivity contribution is 0.353. The fourth-order valence-corrected chi connectivity index (χ4v) is 3.33. The van der Waals surface area contributed by atoms with Crippen LogP contribution in [0.1, 0.15) is 22.1 Å². The van der Waals surface area contributed by atoms with Gasteiger partial charge in [0.05, 0.1) is 16.5 Å². The molecule has 0 radical (unpaired) electrons. The third kappa shape index (κ3) is 2.43. The van der Waals surface area contributed by atoms with Gasteiger partial charge in [-0.3, -0.25) is 0 Å². The van der Waals surface area contributed by atoms with E-state index in [0.717, 1.165) is 17.7 Å². The fourth-order valence-electron chi connectivity index (χ4n) is 2.37. The van der Waals surface area contributed by atoms with Crippen LogP contribution in [-0.4, -0.2) is 6.61 Å². The Balaban J connectivity index is 2.11. The SMILES string of the molecule is Fc1c(Br)cccc1C(Cl)c1cc(Cl)cc2c1OCC2. The van der Waals surface area contributed by atoms with Crippen LogP contribution in [0.2, 0.25) is 5.02 Å². The van der Waals surface area contributed by atoms with Crippen LogP contribution in [0.15, 0.2) is 34.8 Å². The van der Waals surface area contributed by atoms with E-state index in [9.17, 15) is 4.39 Å². The molecule has 0 spiro atoms. The van der Waals surface area contributed by atoms with Crippen molar-refractivity contribution in [2.24, 2.45) is 0 Å². The molecule has 3 rings (SSSR count). The Labute approximate surface area is 134 Å². The summed E-state index contributed by atoms with van der Waals surface area (Å²) in [5.74, 6) is 0.369. The van der Waals surface area contributed by atoms with Crippen LogP contribution in [0.4, 0.5) is 4.39 Å². The average molecular weight is 376 g/mol. The van der Waals surface area contributed by atoms with E-state index in [2.05, 4.69) is 15.9 Å². The van der Waals surface area contributed by atoms with Gasteiger partial charge in [0.1, 0.15) is 11.6 Å². The second kappa shape index (κ2) is 5.55. The van der Waals surface area contributed by atoms with Crippen molar-refractivity contribution < 1.29 is 9.13 Å². The van der Waals surface area contributed by atoms with Gasteiger partial charge in [-0.1, -0.05) is 23.7 Å². The summed E-state index contributed by atoms with van der Waals surface area (Å²) >= 11 is 15.8. The summed E-state index contributed by atoms with van der Waals surface area (Å²) in [5.41, 5.74) is 2.14. The monoisotopic (exact) mass is 374 g/mol. The van der Waals surface area contributed by atoms with Crippen molar-refractivity contribution in [2.75, 3.05) is 6.61 Å².